The van der Waals surface area contributed by atoms with Crippen molar-refractivity contribution in [3.63, 3.8) is 0 Å². The Morgan fingerprint density at radius 2 is 1.87 bits per heavy atom. The number of H-pyrrole nitrogens is 1. The van der Waals surface area contributed by atoms with Gasteiger partial charge in [-0.1, -0.05) is 12.1 Å². The zero-order chi connectivity index (χ0) is 22.4. The summed E-state index contributed by atoms with van der Waals surface area (Å²) in [7, 11) is 0. The third kappa shape index (κ3) is 5.66. The summed E-state index contributed by atoms with van der Waals surface area (Å²) in [5, 5.41) is 10.9. The van der Waals surface area contributed by atoms with E-state index in [-0.39, 0.29) is 5.82 Å². The standard InChI is InChI=1S/C24H33FN2O4/c1-4-30-23(28)21-22(17(2)18(3)26-21)31-16-6-5-13-27-14-11-24(29,12-15-27)19-7-9-20(25)10-8-19/h7-10,26,29H,4-6,11-16H2,1-3H3. The molecule has 1 aromatic carbocycles. The molecular formula is C24H33FN2O4. The molecule has 0 bridgehead atoms. The average Bonchev–Trinajstić information content (AvgIpc) is 3.04. The van der Waals surface area contributed by atoms with Crippen LogP contribution < -0.4 is 4.74 Å². The van der Waals surface area contributed by atoms with Crippen molar-refractivity contribution >= 4 is 5.97 Å². The first kappa shape index (κ1) is 23.3. The van der Waals surface area contributed by atoms with E-state index in [4.69, 9.17) is 9.47 Å². The van der Waals surface area contributed by atoms with Crippen LogP contribution in [0.3, 0.4) is 0 Å². The number of rotatable bonds is 9. The Morgan fingerprint density at radius 3 is 2.52 bits per heavy atom. The molecule has 2 heterocycles. The van der Waals surface area contributed by atoms with Gasteiger partial charge in [-0.15, -0.1) is 0 Å². The maximum atomic E-state index is 13.1. The van der Waals surface area contributed by atoms with Crippen LogP contribution in [0.4, 0.5) is 4.39 Å². The molecule has 0 atom stereocenters. The van der Waals surface area contributed by atoms with Crippen LogP contribution in [0.2, 0.25) is 0 Å². The van der Waals surface area contributed by atoms with Gasteiger partial charge in [-0.25, -0.2) is 9.18 Å². The molecule has 6 nitrogen and oxygen atoms in total. The van der Waals surface area contributed by atoms with E-state index in [2.05, 4.69) is 9.88 Å². The van der Waals surface area contributed by atoms with Crippen molar-refractivity contribution < 1.29 is 23.8 Å². The van der Waals surface area contributed by atoms with Crippen molar-refractivity contribution in [3.05, 3.63) is 52.6 Å². The van der Waals surface area contributed by atoms with E-state index in [0.717, 1.165) is 49.3 Å². The maximum Gasteiger partial charge on any atom is 0.358 e. The maximum absolute atomic E-state index is 13.1. The highest BCUT2D eigenvalue weighted by Crippen LogP contribution is 2.33. The first-order chi connectivity index (χ1) is 14.8. The highest BCUT2D eigenvalue weighted by atomic mass is 19.1. The van der Waals surface area contributed by atoms with Crippen LogP contribution in [0.5, 0.6) is 5.75 Å². The number of hydrogen-bond acceptors (Lipinski definition) is 5. The smallest absolute Gasteiger partial charge is 0.358 e. The molecule has 0 aliphatic carbocycles. The normalized spacial score (nSPS) is 16.3. The summed E-state index contributed by atoms with van der Waals surface area (Å²) in [6, 6.07) is 6.16. The Bertz CT molecular complexity index is 870. The molecule has 1 aromatic heterocycles. The van der Waals surface area contributed by atoms with Crippen molar-refractivity contribution in [2.45, 2.75) is 52.1 Å². The zero-order valence-electron chi connectivity index (χ0n) is 18.7. The summed E-state index contributed by atoms with van der Waals surface area (Å²) in [5.41, 5.74) is 2.13. The molecule has 0 radical (unpaired) electrons. The van der Waals surface area contributed by atoms with Gasteiger partial charge in [0.25, 0.3) is 0 Å². The van der Waals surface area contributed by atoms with Crippen molar-refractivity contribution in [3.8, 4) is 5.75 Å². The summed E-state index contributed by atoms with van der Waals surface area (Å²) in [6.07, 6.45) is 3.11. The summed E-state index contributed by atoms with van der Waals surface area (Å²) >= 11 is 0. The number of hydrogen-bond donors (Lipinski definition) is 2. The highest BCUT2D eigenvalue weighted by Gasteiger charge is 2.33. The van der Waals surface area contributed by atoms with Crippen LogP contribution in [0.1, 0.15) is 59.9 Å². The molecule has 0 amide bonds. The summed E-state index contributed by atoms with van der Waals surface area (Å²) in [4.78, 5) is 17.5. The number of piperidine rings is 1. The largest absolute Gasteiger partial charge is 0.491 e. The van der Waals surface area contributed by atoms with Crippen molar-refractivity contribution in [1.82, 2.24) is 9.88 Å². The van der Waals surface area contributed by atoms with Crippen LogP contribution in [0.15, 0.2) is 24.3 Å². The number of likely N-dealkylation sites (tertiary alicyclic amines) is 1. The molecule has 170 valence electrons. The van der Waals surface area contributed by atoms with Gasteiger partial charge in [-0.2, -0.15) is 0 Å². The van der Waals surface area contributed by atoms with Crippen molar-refractivity contribution in [1.29, 1.82) is 0 Å². The minimum atomic E-state index is -0.875. The van der Waals surface area contributed by atoms with E-state index in [1.165, 1.54) is 12.1 Å². The Hall–Kier alpha value is -2.38. The molecule has 2 aromatic rings. The lowest BCUT2D eigenvalue weighted by Crippen LogP contribution is -2.42. The molecule has 31 heavy (non-hydrogen) atoms. The fourth-order valence-electron chi connectivity index (χ4n) is 4.03. The lowest BCUT2D eigenvalue weighted by molar-refractivity contribution is -0.0262. The predicted octanol–water partition coefficient (Wildman–Crippen LogP) is 4.09. The molecule has 0 unspecified atom stereocenters. The van der Waals surface area contributed by atoms with Gasteiger partial charge < -0.3 is 24.5 Å². The lowest BCUT2D eigenvalue weighted by Gasteiger charge is -2.38. The number of aryl methyl sites for hydroxylation is 1. The molecule has 1 aliphatic rings. The molecule has 1 saturated heterocycles. The Labute approximate surface area is 183 Å². The van der Waals surface area contributed by atoms with Crippen molar-refractivity contribution in [2.24, 2.45) is 0 Å². The second kappa shape index (κ2) is 10.3. The van der Waals surface area contributed by atoms with Crippen LogP contribution in [-0.2, 0) is 10.3 Å². The van der Waals surface area contributed by atoms with Gasteiger partial charge in [0.2, 0.25) is 0 Å². The first-order valence-corrected chi connectivity index (χ1v) is 11.0. The minimum Gasteiger partial charge on any atom is -0.491 e. The number of benzene rings is 1. The van der Waals surface area contributed by atoms with Gasteiger partial charge >= 0.3 is 5.97 Å². The van der Waals surface area contributed by atoms with Gasteiger partial charge in [0.15, 0.2) is 11.4 Å². The van der Waals surface area contributed by atoms with Gasteiger partial charge in [0.1, 0.15) is 5.82 Å². The Morgan fingerprint density at radius 1 is 1.19 bits per heavy atom. The van der Waals surface area contributed by atoms with E-state index in [9.17, 15) is 14.3 Å². The van der Waals surface area contributed by atoms with Gasteiger partial charge in [0.05, 0.1) is 18.8 Å². The number of aliphatic hydroxyl groups is 1. The van der Waals surface area contributed by atoms with Crippen molar-refractivity contribution in [2.75, 3.05) is 32.8 Å². The monoisotopic (exact) mass is 432 g/mol. The van der Waals surface area contributed by atoms with Gasteiger partial charge in [-0.05, 0) is 70.7 Å². The number of nitrogens with zero attached hydrogens (tertiary/aromatic N) is 1. The zero-order valence-corrected chi connectivity index (χ0v) is 18.7. The Balaban J connectivity index is 1.42. The fourth-order valence-corrected chi connectivity index (χ4v) is 4.03. The second-order valence-corrected chi connectivity index (χ2v) is 8.24. The number of unbranched alkanes of at least 4 members (excludes halogenated alkanes) is 1. The van der Waals surface area contributed by atoms with Crippen LogP contribution in [-0.4, -0.2) is 53.8 Å². The average molecular weight is 433 g/mol. The summed E-state index contributed by atoms with van der Waals surface area (Å²) in [5.74, 6) is -0.0969. The minimum absolute atomic E-state index is 0.286. The number of aromatic nitrogens is 1. The third-order valence-corrected chi connectivity index (χ3v) is 6.10. The fraction of sp³-hybridized carbons (Fsp3) is 0.542. The number of ether oxygens (including phenoxy) is 2. The number of aromatic amines is 1. The number of nitrogens with one attached hydrogen (secondary N) is 1. The molecule has 3 rings (SSSR count). The topological polar surface area (TPSA) is 74.8 Å². The van der Waals surface area contributed by atoms with Gasteiger partial charge in [-0.3, -0.25) is 0 Å². The van der Waals surface area contributed by atoms with Crippen LogP contribution >= 0.6 is 0 Å². The summed E-state index contributed by atoms with van der Waals surface area (Å²) < 4.78 is 24.2. The number of esters is 1. The van der Waals surface area contributed by atoms with E-state index >= 15 is 0 Å². The van der Waals surface area contributed by atoms with Crippen LogP contribution in [0, 0.1) is 19.7 Å². The number of carbonyl (C=O) groups is 1. The number of halogens is 1. The molecule has 0 spiro atoms. The molecule has 0 saturated carbocycles. The second-order valence-electron chi connectivity index (χ2n) is 8.24. The molecular weight excluding hydrogens is 399 g/mol. The van der Waals surface area contributed by atoms with E-state index < -0.39 is 11.6 Å². The number of carbonyl (C=O) groups excluding carboxylic acids is 1. The first-order valence-electron chi connectivity index (χ1n) is 11.0. The van der Waals surface area contributed by atoms with E-state index in [1.54, 1.807) is 19.1 Å². The summed E-state index contributed by atoms with van der Waals surface area (Å²) in [6.45, 7) is 9.00. The SMILES string of the molecule is CCOC(=O)c1[nH]c(C)c(C)c1OCCCCN1CCC(O)(c2ccc(F)cc2)CC1. The molecule has 1 aliphatic heterocycles. The van der Waals surface area contributed by atoms with Gasteiger partial charge in [0, 0.05) is 24.3 Å². The molecule has 2 N–H and O–H groups in total. The van der Waals surface area contributed by atoms with Crippen LogP contribution in [0.25, 0.3) is 0 Å². The quantitative estimate of drug-likeness (QED) is 0.461. The highest BCUT2D eigenvalue weighted by molar-refractivity contribution is 5.91. The third-order valence-electron chi connectivity index (χ3n) is 6.10. The Kier molecular flexibility index (Phi) is 7.73. The lowest BCUT2D eigenvalue weighted by atomic mass is 9.84. The molecule has 1 fully saturated rings. The molecule has 7 heteroatoms. The van der Waals surface area contributed by atoms with E-state index in [1.807, 2.05) is 13.8 Å². The van der Waals surface area contributed by atoms with E-state index in [0.29, 0.717) is 37.5 Å². The predicted molar refractivity (Wildman–Crippen MR) is 117 cm³/mol.